The van der Waals surface area contributed by atoms with E-state index >= 15 is 0 Å². The van der Waals surface area contributed by atoms with Crippen LogP contribution in [0.25, 0.3) is 0 Å². The van der Waals surface area contributed by atoms with Crippen molar-refractivity contribution >= 4 is 0 Å². The van der Waals surface area contributed by atoms with Crippen LogP contribution in [0.2, 0.25) is 0 Å². The average Bonchev–Trinajstić information content (AvgIpc) is 2.82. The molecule has 1 aliphatic heterocycles. The topological polar surface area (TPSA) is 121 Å². The molecule has 0 aliphatic carbocycles. The van der Waals surface area contributed by atoms with Gasteiger partial charge in [0.25, 0.3) is 0 Å². The molecule has 1 rings (SSSR count). The van der Waals surface area contributed by atoms with E-state index in [-0.39, 0.29) is 6.61 Å². The first-order chi connectivity index (χ1) is 16.4. The van der Waals surface area contributed by atoms with Gasteiger partial charge in [0.15, 0.2) is 0 Å². The Morgan fingerprint density at radius 3 is 1.15 bits per heavy atom. The summed E-state index contributed by atoms with van der Waals surface area (Å²) in [5, 5.41) is 26.2. The average molecular weight is 479 g/mol. The fourth-order valence-electron chi connectivity index (χ4n) is 3.15. The lowest BCUT2D eigenvalue weighted by molar-refractivity contribution is 0.0494. The standard InChI is InChI=1S/C22H50N6O5/c29-14-13-28-11-5-26-9-17-32-21-19-30-15-7-24-3-1-23-2-4-25-8-16-31-20-22-33-18-10-27-6-12-28/h23-27,29H,1-22H2. The molecule has 0 spiro atoms. The van der Waals surface area contributed by atoms with E-state index in [2.05, 4.69) is 31.5 Å². The lowest BCUT2D eigenvalue weighted by Crippen LogP contribution is -2.39. The predicted molar refractivity (Wildman–Crippen MR) is 131 cm³/mol. The highest BCUT2D eigenvalue weighted by Crippen LogP contribution is 1.86. The quantitative estimate of drug-likeness (QED) is 0.249. The maximum atomic E-state index is 9.28. The van der Waals surface area contributed by atoms with E-state index in [1.807, 2.05) is 0 Å². The first-order valence-corrected chi connectivity index (χ1v) is 12.6. The normalized spacial score (nSPS) is 23.5. The van der Waals surface area contributed by atoms with Gasteiger partial charge in [-0.3, -0.25) is 4.90 Å². The van der Waals surface area contributed by atoms with Crippen molar-refractivity contribution in [1.29, 1.82) is 0 Å². The van der Waals surface area contributed by atoms with Gasteiger partial charge in [-0.15, -0.1) is 0 Å². The van der Waals surface area contributed by atoms with E-state index in [1.54, 1.807) is 0 Å². The predicted octanol–water partition coefficient (Wildman–Crippen LogP) is -2.69. The van der Waals surface area contributed by atoms with Gasteiger partial charge in [0, 0.05) is 85.1 Å². The Hall–Kier alpha value is -0.440. The second kappa shape index (κ2) is 26.2. The summed E-state index contributed by atoms with van der Waals surface area (Å²) in [4.78, 5) is 2.25. The summed E-state index contributed by atoms with van der Waals surface area (Å²) in [6.07, 6.45) is 0. The van der Waals surface area contributed by atoms with Crippen LogP contribution in [0.3, 0.4) is 0 Å². The van der Waals surface area contributed by atoms with Crippen molar-refractivity contribution in [2.75, 3.05) is 145 Å². The van der Waals surface area contributed by atoms with Gasteiger partial charge in [0.05, 0.1) is 59.5 Å². The van der Waals surface area contributed by atoms with Crippen molar-refractivity contribution in [2.45, 2.75) is 0 Å². The van der Waals surface area contributed by atoms with Crippen molar-refractivity contribution in [2.24, 2.45) is 0 Å². The van der Waals surface area contributed by atoms with Gasteiger partial charge in [-0.25, -0.2) is 0 Å². The minimum Gasteiger partial charge on any atom is -0.395 e. The molecule has 1 heterocycles. The molecular weight excluding hydrogens is 428 g/mol. The maximum absolute atomic E-state index is 9.28. The second-order valence-electron chi connectivity index (χ2n) is 7.76. The van der Waals surface area contributed by atoms with Crippen LogP contribution in [0.1, 0.15) is 0 Å². The molecule has 6 N–H and O–H groups in total. The van der Waals surface area contributed by atoms with Gasteiger partial charge in [-0.1, -0.05) is 0 Å². The zero-order valence-electron chi connectivity index (χ0n) is 20.6. The highest BCUT2D eigenvalue weighted by molar-refractivity contribution is 4.62. The van der Waals surface area contributed by atoms with E-state index < -0.39 is 0 Å². The molecule has 11 heteroatoms. The molecule has 0 aromatic rings. The molecule has 0 atom stereocenters. The minimum atomic E-state index is 0.175. The van der Waals surface area contributed by atoms with E-state index in [1.165, 1.54) is 0 Å². The Bertz CT molecular complexity index is 357. The lowest BCUT2D eigenvalue weighted by atomic mass is 10.4. The maximum Gasteiger partial charge on any atom is 0.0701 e. The van der Waals surface area contributed by atoms with Crippen LogP contribution in [-0.4, -0.2) is 155 Å². The van der Waals surface area contributed by atoms with Gasteiger partial charge in [0.1, 0.15) is 0 Å². The molecule has 0 aromatic carbocycles. The van der Waals surface area contributed by atoms with E-state index in [0.717, 1.165) is 78.5 Å². The molecule has 0 amide bonds. The number of ether oxygens (including phenoxy) is 4. The monoisotopic (exact) mass is 478 g/mol. The number of nitrogens with one attached hydrogen (secondary N) is 5. The second-order valence-corrected chi connectivity index (χ2v) is 7.76. The van der Waals surface area contributed by atoms with Crippen molar-refractivity contribution in [3.63, 3.8) is 0 Å². The molecular formula is C22H50N6O5. The van der Waals surface area contributed by atoms with Crippen LogP contribution in [0, 0.1) is 0 Å². The molecule has 1 aliphatic rings. The summed E-state index contributed by atoms with van der Waals surface area (Å²) in [5.41, 5.74) is 0. The Morgan fingerprint density at radius 2 is 0.788 bits per heavy atom. The van der Waals surface area contributed by atoms with Crippen LogP contribution in [0.15, 0.2) is 0 Å². The van der Waals surface area contributed by atoms with Gasteiger partial charge in [-0.2, -0.15) is 0 Å². The summed E-state index contributed by atoms with van der Waals surface area (Å²) in [6.45, 7) is 16.7. The highest BCUT2D eigenvalue weighted by atomic mass is 16.5. The van der Waals surface area contributed by atoms with Gasteiger partial charge in [-0.05, 0) is 0 Å². The highest BCUT2D eigenvalue weighted by Gasteiger charge is 2.03. The number of β-amino-alcohol motifs (C(OH)–C–C–N with tert-alkyl or cyclic N) is 1. The van der Waals surface area contributed by atoms with E-state index in [0.29, 0.717) is 59.4 Å². The van der Waals surface area contributed by atoms with Crippen molar-refractivity contribution in [1.82, 2.24) is 31.5 Å². The van der Waals surface area contributed by atoms with Crippen LogP contribution in [-0.2, 0) is 18.9 Å². The zero-order valence-corrected chi connectivity index (χ0v) is 20.6. The van der Waals surface area contributed by atoms with Gasteiger partial charge >= 0.3 is 0 Å². The smallest absolute Gasteiger partial charge is 0.0701 e. The number of aliphatic hydroxyl groups is 1. The molecule has 0 aromatic heterocycles. The lowest BCUT2D eigenvalue weighted by Gasteiger charge is -2.21. The number of hydrogen-bond donors (Lipinski definition) is 6. The Labute approximate surface area is 200 Å². The van der Waals surface area contributed by atoms with Crippen LogP contribution in [0.4, 0.5) is 0 Å². The minimum absolute atomic E-state index is 0.175. The molecule has 1 fully saturated rings. The van der Waals surface area contributed by atoms with Crippen molar-refractivity contribution in [3.05, 3.63) is 0 Å². The largest absolute Gasteiger partial charge is 0.395 e. The fourth-order valence-corrected chi connectivity index (χ4v) is 3.15. The summed E-state index contributed by atoms with van der Waals surface area (Å²) < 4.78 is 22.3. The summed E-state index contributed by atoms with van der Waals surface area (Å²) in [5.74, 6) is 0. The summed E-state index contributed by atoms with van der Waals surface area (Å²) in [7, 11) is 0. The molecule has 1 saturated heterocycles. The van der Waals surface area contributed by atoms with Crippen molar-refractivity contribution in [3.8, 4) is 0 Å². The molecule has 198 valence electrons. The van der Waals surface area contributed by atoms with Crippen molar-refractivity contribution < 1.29 is 24.1 Å². The molecule has 33 heavy (non-hydrogen) atoms. The molecule has 0 unspecified atom stereocenters. The Morgan fingerprint density at radius 1 is 0.455 bits per heavy atom. The van der Waals surface area contributed by atoms with Crippen LogP contribution < -0.4 is 26.6 Å². The Balaban J connectivity index is 2.14. The SMILES string of the molecule is OCCN1CCNCCOCCOCCNCCNCCNCCOCCOCCNCC1. The number of hydrogen-bond acceptors (Lipinski definition) is 11. The first kappa shape index (κ1) is 30.6. The third-order valence-electron chi connectivity index (χ3n) is 5.02. The van der Waals surface area contributed by atoms with Crippen LogP contribution in [0.5, 0.6) is 0 Å². The zero-order chi connectivity index (χ0) is 23.5. The third-order valence-corrected chi connectivity index (χ3v) is 5.02. The third kappa shape index (κ3) is 23.1. The van der Waals surface area contributed by atoms with Gasteiger partial charge in [0.2, 0.25) is 0 Å². The molecule has 11 nitrogen and oxygen atoms in total. The van der Waals surface area contributed by atoms with E-state index in [4.69, 9.17) is 18.9 Å². The molecule has 0 saturated carbocycles. The Kier molecular flexibility index (Phi) is 24.3. The fraction of sp³-hybridized carbons (Fsp3) is 1.00. The first-order valence-electron chi connectivity index (χ1n) is 12.6. The number of nitrogens with zero attached hydrogens (tertiary/aromatic N) is 1. The number of aliphatic hydroxyl groups excluding tert-OH is 1. The van der Waals surface area contributed by atoms with Gasteiger partial charge < -0.3 is 50.6 Å². The number of rotatable bonds is 2. The molecule has 0 radical (unpaired) electrons. The van der Waals surface area contributed by atoms with Crippen LogP contribution >= 0.6 is 0 Å². The summed E-state index contributed by atoms with van der Waals surface area (Å²) in [6, 6.07) is 0. The molecule has 0 bridgehead atoms. The summed E-state index contributed by atoms with van der Waals surface area (Å²) >= 11 is 0. The van der Waals surface area contributed by atoms with E-state index in [9.17, 15) is 5.11 Å².